The highest BCUT2D eigenvalue weighted by molar-refractivity contribution is 7.91. The molecule has 1 atom stereocenters. The van der Waals surface area contributed by atoms with Gasteiger partial charge in [-0.05, 0) is 53.5 Å². The Balaban J connectivity index is 1.53. The van der Waals surface area contributed by atoms with Gasteiger partial charge in [0.1, 0.15) is 5.41 Å². The summed E-state index contributed by atoms with van der Waals surface area (Å²) in [6.07, 6.45) is 1.70. The second-order valence-electron chi connectivity index (χ2n) is 9.62. The molecule has 1 aliphatic carbocycles. The first-order chi connectivity index (χ1) is 19.7. The second kappa shape index (κ2) is 12.1. The molecule has 4 rings (SSSR count). The third-order valence-corrected chi connectivity index (χ3v) is 9.68. The Morgan fingerprint density at radius 3 is 2.19 bits per heavy atom. The molecular formula is C30H26F3NO6S2. The average molecular weight is 618 g/mol. The number of allylic oxidation sites excluding steroid dienone is 3. The molecule has 0 fully saturated rings. The molecule has 0 aliphatic heterocycles. The Labute approximate surface area is 241 Å². The molecule has 1 unspecified atom stereocenters. The lowest BCUT2D eigenvalue weighted by molar-refractivity contribution is -0.145. The number of carbonyl (C=O) groups is 1. The van der Waals surface area contributed by atoms with Gasteiger partial charge in [-0.2, -0.15) is 13.2 Å². The van der Waals surface area contributed by atoms with Crippen molar-refractivity contribution in [2.75, 3.05) is 12.3 Å². The van der Waals surface area contributed by atoms with Crippen LogP contribution >= 0.6 is 0 Å². The van der Waals surface area contributed by atoms with Crippen LogP contribution < -0.4 is 4.72 Å². The minimum Gasteiger partial charge on any atom is -0.481 e. The summed E-state index contributed by atoms with van der Waals surface area (Å²) in [5.41, 5.74) is -1.78. The first kappa shape index (κ1) is 30.9. The van der Waals surface area contributed by atoms with Crippen LogP contribution in [0.3, 0.4) is 0 Å². The van der Waals surface area contributed by atoms with Gasteiger partial charge in [0.15, 0.2) is 0 Å². The van der Waals surface area contributed by atoms with Gasteiger partial charge in [0.05, 0.1) is 21.1 Å². The zero-order valence-electron chi connectivity index (χ0n) is 22.0. The highest BCUT2D eigenvalue weighted by Gasteiger charge is 2.39. The molecule has 0 radical (unpaired) electrons. The van der Waals surface area contributed by atoms with Crippen molar-refractivity contribution >= 4 is 37.5 Å². The number of carboxylic acids is 1. The zero-order valence-corrected chi connectivity index (χ0v) is 23.6. The summed E-state index contributed by atoms with van der Waals surface area (Å²) in [5, 5.41) is 9.97. The summed E-state index contributed by atoms with van der Waals surface area (Å²) < 4.78 is 94.7. The van der Waals surface area contributed by atoms with Gasteiger partial charge in [-0.25, -0.2) is 21.6 Å². The number of carboxylic acid groups (broad SMARTS) is 1. The number of hydrogen-bond acceptors (Lipinski definition) is 5. The minimum atomic E-state index is -4.84. The third kappa shape index (κ3) is 7.07. The molecule has 0 saturated heterocycles. The van der Waals surface area contributed by atoms with Crippen molar-refractivity contribution < 1.29 is 39.9 Å². The van der Waals surface area contributed by atoms with Crippen molar-refractivity contribution in [1.82, 2.24) is 4.72 Å². The van der Waals surface area contributed by atoms with Crippen LogP contribution in [0, 0.1) is 5.41 Å². The SMILES string of the molecule is O=C(O)C1(CNS(=O)(=O)CC=Cc2cc(S(=O)(=O)c3ccccc3)ccc2C(F)(F)F)C=CC=C(c2ccccc2)C1. The molecule has 42 heavy (non-hydrogen) atoms. The van der Waals surface area contributed by atoms with Crippen molar-refractivity contribution in [3.05, 3.63) is 120 Å². The molecule has 7 nitrogen and oxygen atoms in total. The standard InChI is InChI=1S/C30H26F3NO6S2/c31-30(32,33)27-16-15-26(42(39,40)25-13-5-2-6-14-25)19-23(27)12-8-18-41(37,38)34-21-29(28(35)36)17-7-11-24(20-29)22-9-3-1-4-10-22/h1-17,19,34H,18,20-21H2,(H,35,36). The Bertz CT molecular complexity index is 1770. The fourth-order valence-electron chi connectivity index (χ4n) is 4.44. The molecule has 0 saturated carbocycles. The van der Waals surface area contributed by atoms with Crippen LogP contribution in [0.2, 0.25) is 0 Å². The molecule has 220 valence electrons. The maximum atomic E-state index is 13.7. The topological polar surface area (TPSA) is 118 Å². The van der Waals surface area contributed by atoms with Crippen LogP contribution in [0.1, 0.15) is 23.1 Å². The van der Waals surface area contributed by atoms with E-state index in [1.165, 1.54) is 30.3 Å². The summed E-state index contributed by atoms with van der Waals surface area (Å²) in [6.45, 7) is -0.488. The van der Waals surface area contributed by atoms with Crippen LogP contribution in [-0.2, 0) is 30.8 Å². The lowest BCUT2D eigenvalue weighted by Crippen LogP contribution is -2.43. The van der Waals surface area contributed by atoms with E-state index in [0.29, 0.717) is 11.6 Å². The average Bonchev–Trinajstić information content (AvgIpc) is 2.96. The maximum Gasteiger partial charge on any atom is 0.416 e. The summed E-state index contributed by atoms with van der Waals surface area (Å²) in [7, 11) is -8.32. The van der Waals surface area contributed by atoms with Crippen molar-refractivity contribution in [2.24, 2.45) is 5.41 Å². The normalized spacial score (nSPS) is 17.7. The molecule has 3 aromatic rings. The summed E-state index contributed by atoms with van der Waals surface area (Å²) in [4.78, 5) is 11.7. The Hall–Kier alpha value is -4.00. The van der Waals surface area contributed by atoms with E-state index < -0.39 is 65.7 Å². The molecular weight excluding hydrogens is 591 g/mol. The van der Waals surface area contributed by atoms with Gasteiger partial charge < -0.3 is 5.11 Å². The van der Waals surface area contributed by atoms with Crippen LogP contribution in [0.25, 0.3) is 11.6 Å². The van der Waals surface area contributed by atoms with Gasteiger partial charge in [0.25, 0.3) is 0 Å². The number of rotatable bonds is 10. The fraction of sp³-hybridized carbons (Fsp3) is 0.167. The number of alkyl halides is 3. The van der Waals surface area contributed by atoms with Crippen LogP contribution in [0.15, 0.2) is 113 Å². The highest BCUT2D eigenvalue weighted by Crippen LogP contribution is 2.37. The predicted octanol–water partition coefficient (Wildman–Crippen LogP) is 5.59. The first-order valence-corrected chi connectivity index (χ1v) is 15.7. The third-order valence-electron chi connectivity index (χ3n) is 6.70. The number of sulfonamides is 1. The van der Waals surface area contributed by atoms with Crippen molar-refractivity contribution in [1.29, 1.82) is 0 Å². The smallest absolute Gasteiger partial charge is 0.416 e. The number of benzene rings is 3. The maximum absolute atomic E-state index is 13.7. The lowest BCUT2D eigenvalue weighted by atomic mass is 9.76. The number of hydrogen-bond donors (Lipinski definition) is 2. The van der Waals surface area contributed by atoms with Crippen molar-refractivity contribution in [2.45, 2.75) is 22.4 Å². The number of sulfone groups is 1. The molecule has 3 aromatic carbocycles. The second-order valence-corrected chi connectivity index (χ2v) is 13.4. The van der Waals surface area contributed by atoms with E-state index in [0.717, 1.165) is 29.8 Å². The Morgan fingerprint density at radius 1 is 0.929 bits per heavy atom. The van der Waals surface area contributed by atoms with E-state index in [-0.39, 0.29) is 11.3 Å². The van der Waals surface area contributed by atoms with Gasteiger partial charge in [-0.1, -0.05) is 78.9 Å². The van der Waals surface area contributed by atoms with Gasteiger partial charge in [0.2, 0.25) is 19.9 Å². The molecule has 0 bridgehead atoms. The summed E-state index contributed by atoms with van der Waals surface area (Å²) in [5.74, 6) is -2.02. The van der Waals surface area contributed by atoms with Crippen LogP contribution in [0.4, 0.5) is 13.2 Å². The summed E-state index contributed by atoms with van der Waals surface area (Å²) >= 11 is 0. The van der Waals surface area contributed by atoms with Crippen LogP contribution in [0.5, 0.6) is 0 Å². The number of halogens is 3. The predicted molar refractivity (Wildman–Crippen MR) is 152 cm³/mol. The van der Waals surface area contributed by atoms with E-state index in [1.54, 1.807) is 30.4 Å². The summed E-state index contributed by atoms with van der Waals surface area (Å²) in [6, 6.07) is 18.5. The largest absolute Gasteiger partial charge is 0.481 e. The van der Waals surface area contributed by atoms with Crippen molar-refractivity contribution in [3.63, 3.8) is 0 Å². The molecule has 0 aromatic heterocycles. The minimum absolute atomic E-state index is 0.0127. The van der Waals surface area contributed by atoms with E-state index in [1.807, 2.05) is 18.2 Å². The zero-order chi connectivity index (χ0) is 30.6. The van der Waals surface area contributed by atoms with Gasteiger partial charge in [0, 0.05) is 6.54 Å². The molecule has 0 spiro atoms. The number of nitrogens with one attached hydrogen (secondary N) is 1. The van der Waals surface area contributed by atoms with Gasteiger partial charge in [-0.15, -0.1) is 0 Å². The molecule has 12 heteroatoms. The Kier molecular flexibility index (Phi) is 8.90. The van der Waals surface area contributed by atoms with E-state index >= 15 is 0 Å². The first-order valence-electron chi connectivity index (χ1n) is 12.6. The number of aliphatic carboxylic acids is 1. The van der Waals surface area contributed by atoms with E-state index in [2.05, 4.69) is 4.72 Å². The Morgan fingerprint density at radius 2 is 1.57 bits per heavy atom. The molecule has 2 N–H and O–H groups in total. The quantitative estimate of drug-likeness (QED) is 0.307. The van der Waals surface area contributed by atoms with Gasteiger partial charge >= 0.3 is 12.1 Å². The van der Waals surface area contributed by atoms with E-state index in [9.17, 15) is 39.9 Å². The molecule has 0 amide bonds. The molecule has 0 heterocycles. The molecule has 1 aliphatic rings. The fourth-order valence-corrected chi connectivity index (χ4v) is 6.70. The van der Waals surface area contributed by atoms with E-state index in [4.69, 9.17) is 0 Å². The highest BCUT2D eigenvalue weighted by atomic mass is 32.2. The van der Waals surface area contributed by atoms with Crippen molar-refractivity contribution in [3.8, 4) is 0 Å². The van der Waals surface area contributed by atoms with Crippen LogP contribution in [-0.4, -0.2) is 40.2 Å². The lowest BCUT2D eigenvalue weighted by Gasteiger charge is -2.30. The van der Waals surface area contributed by atoms with Gasteiger partial charge in [-0.3, -0.25) is 4.79 Å². The monoisotopic (exact) mass is 617 g/mol.